The van der Waals surface area contributed by atoms with Crippen LogP contribution in [0.25, 0.3) is 0 Å². The molecule has 1 aromatic rings. The van der Waals surface area contributed by atoms with Crippen LogP contribution in [0.3, 0.4) is 0 Å². The molecule has 0 amide bonds. The molecule has 0 unspecified atom stereocenters. The highest BCUT2D eigenvalue weighted by molar-refractivity contribution is 5.48. The molecule has 0 atom stereocenters. The van der Waals surface area contributed by atoms with E-state index in [4.69, 9.17) is 0 Å². The number of rotatable bonds is 7. The zero-order chi connectivity index (χ0) is 11.8. The van der Waals surface area contributed by atoms with Gasteiger partial charge < -0.3 is 5.32 Å². The Kier molecular flexibility index (Phi) is 4.74. The molecule has 0 aliphatic carbocycles. The Morgan fingerprint density at radius 2 is 2.06 bits per heavy atom. The average molecular weight is 225 g/mol. The van der Waals surface area contributed by atoms with Crippen LogP contribution in [0.2, 0.25) is 0 Å². The van der Waals surface area contributed by atoms with Crippen LogP contribution in [0.1, 0.15) is 0 Å². The van der Waals surface area contributed by atoms with Crippen molar-refractivity contribution in [1.29, 1.82) is 0 Å². The molecule has 0 spiro atoms. The van der Waals surface area contributed by atoms with E-state index in [1.165, 1.54) is 12.1 Å². The Bertz CT molecular complexity index is 352. The fourth-order valence-electron chi connectivity index (χ4n) is 1.05. The van der Waals surface area contributed by atoms with Gasteiger partial charge in [-0.2, -0.15) is 0 Å². The number of carbonyl (C=O) groups is 1. The van der Waals surface area contributed by atoms with Crippen molar-refractivity contribution in [2.75, 3.05) is 18.4 Å². The highest BCUT2D eigenvalue weighted by Crippen LogP contribution is 2.14. The fraction of sp³-hybridized carbons (Fsp3) is 0.222. The second kappa shape index (κ2) is 6.36. The van der Waals surface area contributed by atoms with Gasteiger partial charge in [0.05, 0.1) is 11.5 Å². The van der Waals surface area contributed by atoms with Gasteiger partial charge >= 0.3 is 6.47 Å². The lowest BCUT2D eigenvalue weighted by Gasteiger charge is -2.03. The predicted octanol–water partition coefficient (Wildman–Crippen LogP) is 0.684. The smallest absolute Gasteiger partial charge is 0.384 e. The third-order valence-electron chi connectivity index (χ3n) is 1.77. The molecule has 7 nitrogen and oxygen atoms in total. The van der Waals surface area contributed by atoms with Crippen molar-refractivity contribution < 1.29 is 14.6 Å². The summed E-state index contributed by atoms with van der Waals surface area (Å²) in [6, 6.07) is 6.05. The van der Waals surface area contributed by atoms with Gasteiger partial charge in [-0.25, -0.2) is 4.84 Å². The van der Waals surface area contributed by atoms with Gasteiger partial charge in [0, 0.05) is 29.2 Å². The van der Waals surface area contributed by atoms with Crippen molar-refractivity contribution in [1.82, 2.24) is 5.48 Å². The number of nitro benzene ring substituents is 1. The van der Waals surface area contributed by atoms with Crippen molar-refractivity contribution in [3.63, 3.8) is 0 Å². The topological polar surface area (TPSA) is 96.3 Å². The number of anilines is 1. The number of hydrogen-bond acceptors (Lipinski definition) is 6. The number of non-ortho nitro benzene ring substituents is 1. The minimum Gasteiger partial charge on any atom is -0.384 e. The summed E-state index contributed by atoms with van der Waals surface area (Å²) in [7, 11) is 0. The molecule has 0 saturated carbocycles. The zero-order valence-electron chi connectivity index (χ0n) is 8.38. The molecule has 1 rings (SSSR count). The van der Waals surface area contributed by atoms with E-state index in [0.717, 1.165) is 5.69 Å². The molecular weight excluding hydrogens is 214 g/mol. The summed E-state index contributed by atoms with van der Waals surface area (Å²) in [4.78, 5) is 23.9. The molecule has 1 radical (unpaired) electrons. The van der Waals surface area contributed by atoms with Crippen molar-refractivity contribution in [2.24, 2.45) is 0 Å². The first-order chi connectivity index (χ1) is 7.74. The molecule has 0 aromatic heterocycles. The highest BCUT2D eigenvalue weighted by Gasteiger charge is 2.03. The Balaban J connectivity index is 2.32. The van der Waals surface area contributed by atoms with Crippen LogP contribution in [-0.4, -0.2) is 24.5 Å². The van der Waals surface area contributed by atoms with Crippen LogP contribution >= 0.6 is 0 Å². The maximum atomic E-state index is 10.4. The molecule has 0 fully saturated rings. The summed E-state index contributed by atoms with van der Waals surface area (Å²) >= 11 is 0. The first-order valence-corrected chi connectivity index (χ1v) is 4.54. The molecule has 7 heteroatoms. The Morgan fingerprint density at radius 1 is 1.38 bits per heavy atom. The van der Waals surface area contributed by atoms with E-state index in [1.807, 2.05) is 0 Å². The van der Waals surface area contributed by atoms with Gasteiger partial charge in [-0.1, -0.05) is 0 Å². The van der Waals surface area contributed by atoms with E-state index < -0.39 is 4.92 Å². The van der Waals surface area contributed by atoms with Gasteiger partial charge in [0.1, 0.15) is 0 Å². The number of benzene rings is 1. The fourth-order valence-corrected chi connectivity index (χ4v) is 1.05. The van der Waals surface area contributed by atoms with Gasteiger partial charge in [0.15, 0.2) is 0 Å². The second-order valence-corrected chi connectivity index (χ2v) is 2.84. The Morgan fingerprint density at radius 3 is 2.62 bits per heavy atom. The first kappa shape index (κ1) is 11.9. The average Bonchev–Trinajstić information content (AvgIpc) is 2.29. The van der Waals surface area contributed by atoms with Crippen LogP contribution in [0.4, 0.5) is 11.4 Å². The first-order valence-electron chi connectivity index (χ1n) is 4.54. The quantitative estimate of drug-likeness (QED) is 0.233. The summed E-state index contributed by atoms with van der Waals surface area (Å²) in [5.41, 5.74) is 3.21. The molecule has 1 aromatic carbocycles. The molecule has 0 aliphatic rings. The van der Waals surface area contributed by atoms with Gasteiger partial charge in [-0.15, -0.1) is 0 Å². The zero-order valence-corrected chi connectivity index (χ0v) is 8.38. The van der Waals surface area contributed by atoms with Gasteiger partial charge in [0.2, 0.25) is 0 Å². The summed E-state index contributed by atoms with van der Waals surface area (Å²) in [6.45, 7) is 1.27. The molecule has 0 saturated heterocycles. The van der Waals surface area contributed by atoms with E-state index in [-0.39, 0.29) is 5.69 Å². The lowest BCUT2D eigenvalue weighted by molar-refractivity contribution is -0.384. The summed E-state index contributed by atoms with van der Waals surface area (Å²) in [6.07, 6.45) is 0. The summed E-state index contributed by atoms with van der Waals surface area (Å²) < 4.78 is 0. The molecule has 85 valence electrons. The van der Waals surface area contributed by atoms with E-state index >= 15 is 0 Å². The molecule has 0 heterocycles. The lowest BCUT2D eigenvalue weighted by atomic mass is 10.3. The van der Waals surface area contributed by atoms with Crippen LogP contribution < -0.4 is 10.8 Å². The second-order valence-electron chi connectivity index (χ2n) is 2.84. The summed E-state index contributed by atoms with van der Waals surface area (Å²) in [5, 5.41) is 13.4. The van der Waals surface area contributed by atoms with Gasteiger partial charge in [-0.05, 0) is 17.6 Å². The van der Waals surface area contributed by atoms with Crippen molar-refractivity contribution in [3.8, 4) is 0 Å². The van der Waals surface area contributed by atoms with Crippen LogP contribution in [0.5, 0.6) is 0 Å². The highest BCUT2D eigenvalue weighted by atomic mass is 16.7. The van der Waals surface area contributed by atoms with Gasteiger partial charge in [0.25, 0.3) is 5.69 Å². The van der Waals surface area contributed by atoms with Crippen molar-refractivity contribution in [3.05, 3.63) is 34.4 Å². The van der Waals surface area contributed by atoms with Crippen molar-refractivity contribution >= 4 is 17.8 Å². The monoisotopic (exact) mass is 225 g/mol. The third-order valence-corrected chi connectivity index (χ3v) is 1.77. The van der Waals surface area contributed by atoms with E-state index in [0.29, 0.717) is 19.6 Å². The number of nitro groups is 1. The lowest BCUT2D eigenvalue weighted by Crippen LogP contribution is -2.21. The van der Waals surface area contributed by atoms with Crippen LogP contribution in [-0.2, 0) is 9.63 Å². The largest absolute Gasteiger partial charge is 0.587 e. The molecule has 0 aliphatic heterocycles. The van der Waals surface area contributed by atoms with Gasteiger partial charge in [-0.3, -0.25) is 10.1 Å². The maximum absolute atomic E-state index is 10.4. The standard InChI is InChI=1S/C9H11N3O4/c13-7-16-11-6-5-10-8-1-3-9(4-2-8)12(14)15/h1-4,7,10-11H,5-6H2/q+1. The molecule has 16 heavy (non-hydrogen) atoms. The number of hydroxylamine groups is 1. The van der Waals surface area contributed by atoms with E-state index in [9.17, 15) is 14.9 Å². The van der Waals surface area contributed by atoms with Crippen molar-refractivity contribution in [2.45, 2.75) is 0 Å². The third kappa shape index (κ3) is 3.93. The minimum absolute atomic E-state index is 0.0490. The number of nitrogens with one attached hydrogen (secondary N) is 2. The van der Waals surface area contributed by atoms with Crippen LogP contribution in [0, 0.1) is 10.1 Å². The van der Waals surface area contributed by atoms with E-state index in [2.05, 4.69) is 15.6 Å². The predicted molar refractivity (Wildman–Crippen MR) is 56.7 cm³/mol. The number of hydrogen-bond donors (Lipinski definition) is 2. The van der Waals surface area contributed by atoms with E-state index in [1.54, 1.807) is 12.1 Å². The summed E-state index contributed by atoms with van der Waals surface area (Å²) in [5.74, 6) is 0. The molecule has 2 N–H and O–H groups in total. The van der Waals surface area contributed by atoms with Crippen LogP contribution in [0.15, 0.2) is 24.3 Å². The Hall–Kier alpha value is -2.15. The number of nitrogens with zero attached hydrogens (tertiary/aromatic N) is 1. The minimum atomic E-state index is -0.455. The maximum Gasteiger partial charge on any atom is 0.587 e. The normalized spacial score (nSPS) is 9.50. The molecule has 0 bridgehead atoms. The molecular formula is C9H11N3O4+. The Labute approximate surface area is 91.5 Å². The number of carbonyl (C=O) groups excluding carboxylic acids is 1. The SMILES string of the molecule is O=[N+]([O-])c1ccc(NCCNOC=[O+])cc1.